The molecule has 0 bridgehead atoms. The summed E-state index contributed by atoms with van der Waals surface area (Å²) in [6.07, 6.45) is 25.6. The van der Waals surface area contributed by atoms with E-state index in [4.69, 9.17) is 35.6 Å². The van der Waals surface area contributed by atoms with Crippen molar-refractivity contribution in [2.45, 2.75) is 254 Å². The number of benzene rings is 3. The fraction of sp³-hybridized carbons (Fsp3) is 0.575. The molecule has 0 aromatic heterocycles. The molecule has 3 aromatic rings. The number of hydrogen-bond acceptors (Lipinski definition) is 11. The normalized spacial score (nSPS) is 17.0. The number of alkyl halides is 1. The summed E-state index contributed by atoms with van der Waals surface area (Å²) in [6.45, 7) is 37.3. The topological polar surface area (TPSA) is 361 Å². The number of aliphatic carboxylic acids is 3. The van der Waals surface area contributed by atoms with E-state index >= 15 is 0 Å². The Bertz CT molecular complexity index is 2870. The first-order valence-corrected chi connectivity index (χ1v) is 49.0. The number of nitrogens with two attached hydrogens (primary N) is 4. The van der Waals surface area contributed by atoms with E-state index in [0.29, 0.717) is 40.2 Å². The average molecular weight is 2100 g/mol. The van der Waals surface area contributed by atoms with Gasteiger partial charge in [-0.2, -0.15) is 0 Å². The molecule has 24 heteroatoms. The summed E-state index contributed by atoms with van der Waals surface area (Å²) in [5.74, 6) is 0.414. The Morgan fingerprint density at radius 2 is 0.788 bits per heavy atom. The van der Waals surface area contributed by atoms with Gasteiger partial charge in [-0.15, -0.1) is 0 Å². The zero-order valence-electron chi connectivity index (χ0n) is 65.0. The Balaban J connectivity index is -0.000000421. The first kappa shape index (κ1) is 106. The predicted octanol–water partition coefficient (Wildman–Crippen LogP) is 24.9. The zero-order valence-corrected chi connectivity index (χ0v) is 74.4. The molecule has 6 rings (SSSR count). The summed E-state index contributed by atoms with van der Waals surface area (Å²) in [5.41, 5.74) is 12.2. The maximum Gasteiger partial charge on any atom is 2.00 e. The van der Waals surface area contributed by atoms with E-state index in [-0.39, 0.29) is 156 Å². The summed E-state index contributed by atoms with van der Waals surface area (Å²) >= 11 is 8.45. The summed E-state index contributed by atoms with van der Waals surface area (Å²) in [7, 11) is 4.51. The quantitative estimate of drug-likeness (QED) is 0.00845. The van der Waals surface area contributed by atoms with Crippen LogP contribution >= 0.6 is 54.6 Å². The van der Waals surface area contributed by atoms with Crippen molar-refractivity contribution in [2.75, 3.05) is 25.2 Å². The number of hydrogen-bond donors (Lipinski definition) is 6. The number of carboxylic acids is 3. The van der Waals surface area contributed by atoms with Crippen LogP contribution < -0.4 is 14.2 Å². The van der Waals surface area contributed by atoms with Gasteiger partial charge in [-0.25, -0.2) is 0 Å². The number of unbranched alkanes of at least 4 members (excludes halogenated alkanes) is 6. The van der Waals surface area contributed by atoms with Crippen LogP contribution in [0.1, 0.15) is 258 Å². The van der Waals surface area contributed by atoms with E-state index in [1.165, 1.54) is 16.7 Å². The van der Waals surface area contributed by atoms with Crippen molar-refractivity contribution in [3.8, 4) is 34.5 Å². The molecule has 3 aromatic carbocycles. The van der Waals surface area contributed by atoms with Crippen LogP contribution in [0.2, 0.25) is 6.80 Å². The van der Waals surface area contributed by atoms with E-state index in [1.54, 1.807) is 0 Å². The van der Waals surface area contributed by atoms with Crippen molar-refractivity contribution in [1.82, 2.24) is 0 Å². The maximum absolute atomic E-state index is 10.9. The molecule has 3 aliphatic carbocycles. The standard InChI is InChI=1S/3C24H34O4.C7H13BrO2.CH3B.2HI.4H2N.2Pt/c3*1-5-6-7-8-18-14-21(25)24(22(15-18)28-12-11-23(26)27)20-13-17(4)9-10-19(20)16(2)3;1-7(2,3)10-6(9)4-5-8;1-2;;;;;;;;/h3*13-15,19-20,25H,2,5-12H2,1,3-4H3,(H,26,27);4-5H2,1-3H3;1H3;2*1H;4*1H2;;/q;;;;;;;4*-1;+2;+4/p-2/t3*19-,20+;;;;;;;;;;/m111........../s1/i;;;;1D;;;;;;;;. The van der Waals surface area contributed by atoms with Crippen LogP contribution in [0.4, 0.5) is 0 Å². The number of allylic oxidation sites excluding steroid dienone is 9. The molecule has 0 fully saturated rings. The Morgan fingerprint density at radius 3 is 0.990 bits per heavy atom. The zero-order chi connectivity index (χ0) is 75.7. The van der Waals surface area contributed by atoms with E-state index in [1.807, 2.05) is 77.9 Å². The molecule has 14 N–H and O–H groups in total. The number of phenols is 3. The molecule has 18 nitrogen and oxygen atoms in total. The van der Waals surface area contributed by atoms with E-state index < -0.39 is 17.9 Å². The van der Waals surface area contributed by atoms with Gasteiger partial charge < -0.3 is 74.2 Å². The monoisotopic (exact) mass is 2100 g/mol. The smallest absolute Gasteiger partial charge is 0.693 e. The van der Waals surface area contributed by atoms with Crippen molar-refractivity contribution in [3.05, 3.63) is 166 Å². The van der Waals surface area contributed by atoms with Crippen molar-refractivity contribution >= 4 is 86.4 Å². The van der Waals surface area contributed by atoms with Gasteiger partial charge in [0.05, 0.1) is 53.4 Å². The predicted molar refractivity (Wildman–Crippen MR) is 444 cm³/mol. The Hall–Kier alpha value is -4.00. The molecular formula is C80H126BBrI2N4O14Pt2. The van der Waals surface area contributed by atoms with Gasteiger partial charge in [0.15, 0.2) is 0 Å². The molecule has 0 saturated carbocycles. The molecular weight excluding hydrogens is 1980 g/mol. The minimum atomic E-state index is -0.891. The third kappa shape index (κ3) is 42.1. The molecule has 6 atom stereocenters. The first-order chi connectivity index (χ1) is 47.3. The van der Waals surface area contributed by atoms with E-state index in [2.05, 4.69) is 142 Å². The first-order valence-electron chi connectivity index (χ1n) is 35.7. The van der Waals surface area contributed by atoms with Crippen LogP contribution in [-0.2, 0) is 75.4 Å². The third-order valence-corrected chi connectivity index (χ3v) is 17.7. The van der Waals surface area contributed by atoms with Gasteiger partial charge >= 0.3 is 94.8 Å². The van der Waals surface area contributed by atoms with E-state index in [0.717, 1.165) is 166 Å². The molecule has 0 aliphatic heterocycles. The second kappa shape index (κ2) is 59.9. The van der Waals surface area contributed by atoms with Crippen molar-refractivity contribution in [3.63, 3.8) is 0 Å². The van der Waals surface area contributed by atoms with Gasteiger partial charge in [0.2, 0.25) is 0 Å². The van der Waals surface area contributed by atoms with Gasteiger partial charge in [-0.1, -0.05) is 153 Å². The summed E-state index contributed by atoms with van der Waals surface area (Å²) in [6, 6.07) is 11.5. The van der Waals surface area contributed by atoms with Crippen LogP contribution in [0.3, 0.4) is 0 Å². The summed E-state index contributed by atoms with van der Waals surface area (Å²) < 4.78 is 28.7. The number of aryl methyl sites for hydroxylation is 3. The van der Waals surface area contributed by atoms with Crippen LogP contribution in [-0.4, -0.2) is 93.1 Å². The van der Waals surface area contributed by atoms with Crippen LogP contribution in [0.25, 0.3) is 24.6 Å². The fourth-order valence-electron chi connectivity index (χ4n) is 12.5. The minimum absolute atomic E-state index is 0. The number of carbonyl (C=O) groups excluding carboxylic acids is 1. The largest absolute Gasteiger partial charge is 2.00 e. The number of rotatable bonds is 32. The van der Waals surface area contributed by atoms with Gasteiger partial charge in [-0.05, 0) is 210 Å². The van der Waals surface area contributed by atoms with Crippen LogP contribution in [0.15, 0.2) is 108 Å². The molecule has 104 heavy (non-hydrogen) atoms. The number of phenolic OH excluding ortho intramolecular Hbond substituents is 3. The number of carboxylic acid groups (broad SMARTS) is 3. The molecule has 0 saturated heterocycles. The van der Waals surface area contributed by atoms with Crippen LogP contribution in [0, 0.1) is 17.8 Å². The second-order valence-electron chi connectivity index (χ2n) is 27.1. The number of ether oxygens (including phenoxy) is 4. The van der Waals surface area contributed by atoms with E-state index in [9.17, 15) is 34.5 Å². The minimum Gasteiger partial charge on any atom is -0.693 e. The molecule has 0 spiro atoms. The third-order valence-electron chi connectivity index (χ3n) is 17.3. The number of halogens is 3. The molecule has 0 heterocycles. The maximum atomic E-state index is 10.9. The molecule has 2 radical (unpaired) electrons. The summed E-state index contributed by atoms with van der Waals surface area (Å²) in [4.78, 5) is 43.6. The number of esters is 1. The Labute approximate surface area is 680 Å². The molecule has 594 valence electrons. The number of aromatic hydroxyl groups is 3. The SMILES string of the molecule is C=C(C)[C@H]1CCC(C)=C[C@@H]1c1c(O)cc(CCCCC)cc1OCCC(=O)O.C=C(C)[C@H]1CCC(C)=C[C@@H]1c1c(O)cc(CCCCC)cc1OCCC(=O)O.C=C(C)[C@H]1CCC(C)=C[C@@H]1c1c(O)cc(CCCCC)cc1OCCC(=O)O.CC(C)(C)OC(=O)CCBr.[2H]C[B].[I][Pt+2][I].[NH2-].[NH2-].[NH2-].[NH2-].[Pt+2]. The van der Waals surface area contributed by atoms with Gasteiger partial charge in [-0.3, -0.25) is 19.2 Å². The van der Waals surface area contributed by atoms with Gasteiger partial charge in [0.1, 0.15) is 40.1 Å². The van der Waals surface area contributed by atoms with Crippen LogP contribution in [0.5, 0.6) is 34.5 Å². The summed E-state index contributed by atoms with van der Waals surface area (Å²) in [5, 5.41) is 60.3. The van der Waals surface area contributed by atoms with Gasteiger partial charge in [0, 0.05) is 41.1 Å². The number of carbonyl (C=O) groups is 4. The van der Waals surface area contributed by atoms with Crippen molar-refractivity contribution in [1.29, 1.82) is 0 Å². The van der Waals surface area contributed by atoms with Crippen molar-refractivity contribution < 1.29 is 102 Å². The molecule has 0 unspecified atom stereocenters. The Kier molecular flexibility index (Phi) is 61.2. The molecule has 0 amide bonds. The van der Waals surface area contributed by atoms with Crippen molar-refractivity contribution in [2.24, 2.45) is 17.8 Å². The average Bonchev–Trinajstić information content (AvgIpc) is 0.800. The second-order valence-corrected chi connectivity index (χ2v) is 44.5. The molecule has 3 aliphatic rings. The van der Waals surface area contributed by atoms with Gasteiger partial charge in [0.25, 0.3) is 0 Å². The Morgan fingerprint density at radius 1 is 0.538 bits per heavy atom. The fourth-order valence-corrected chi connectivity index (χ4v) is 12.8.